The fraction of sp³-hybridized carbons (Fsp3) is 0.478. The Balaban J connectivity index is 1.69. The number of allylic oxidation sites excluding steroid dienone is 2. The summed E-state index contributed by atoms with van der Waals surface area (Å²) in [7, 11) is 1.53. The highest BCUT2D eigenvalue weighted by atomic mass is 16.2. The zero-order chi connectivity index (χ0) is 21.8. The molecule has 1 saturated heterocycles. The monoisotopic (exact) mass is 411 g/mol. The number of fused-ring (bicyclic) bond motifs is 1. The third-order valence-corrected chi connectivity index (χ3v) is 6.04. The molecule has 7 heteroatoms. The molecule has 1 N–H and O–H groups in total. The van der Waals surface area contributed by atoms with E-state index in [1.54, 1.807) is 6.92 Å². The van der Waals surface area contributed by atoms with E-state index in [0.29, 0.717) is 12.8 Å². The average molecular weight is 412 g/mol. The van der Waals surface area contributed by atoms with Gasteiger partial charge in [0.2, 0.25) is 23.6 Å². The zero-order valence-electron chi connectivity index (χ0n) is 17.8. The molecule has 0 saturated carbocycles. The van der Waals surface area contributed by atoms with Crippen LogP contribution in [-0.4, -0.2) is 53.1 Å². The first-order valence-electron chi connectivity index (χ1n) is 10.4. The number of amides is 4. The van der Waals surface area contributed by atoms with Gasteiger partial charge in [-0.3, -0.25) is 24.1 Å². The van der Waals surface area contributed by atoms with Crippen LogP contribution in [0.5, 0.6) is 0 Å². The lowest BCUT2D eigenvalue weighted by Crippen LogP contribution is -2.47. The number of carbonyl (C=O) groups excluding carboxylic acids is 4. The maximum atomic E-state index is 13.0. The Bertz CT molecular complexity index is 836. The highest BCUT2D eigenvalue weighted by Crippen LogP contribution is 2.35. The lowest BCUT2D eigenvalue weighted by Gasteiger charge is -2.29. The van der Waals surface area contributed by atoms with Crippen LogP contribution < -0.4 is 5.32 Å². The van der Waals surface area contributed by atoms with Gasteiger partial charge in [0, 0.05) is 26.6 Å². The smallest absolute Gasteiger partial charge is 0.242 e. The molecule has 0 aromatic heterocycles. The topological polar surface area (TPSA) is 86.8 Å². The number of likely N-dealkylation sites (tertiary alicyclic amines) is 1. The van der Waals surface area contributed by atoms with Crippen molar-refractivity contribution < 1.29 is 19.2 Å². The Labute approximate surface area is 177 Å². The van der Waals surface area contributed by atoms with E-state index in [1.807, 2.05) is 43.3 Å². The molecule has 0 bridgehead atoms. The number of imide groups is 1. The molecule has 0 unspecified atom stereocenters. The quantitative estimate of drug-likeness (QED) is 0.548. The second kappa shape index (κ2) is 9.24. The summed E-state index contributed by atoms with van der Waals surface area (Å²) in [5.74, 6) is -1.50. The molecule has 7 nitrogen and oxygen atoms in total. The number of aryl methyl sites for hydroxylation is 1. The predicted molar refractivity (Wildman–Crippen MR) is 112 cm³/mol. The largest absolute Gasteiger partial charge is 0.357 e. The Hall–Kier alpha value is -2.96. The number of benzene rings is 1. The molecular weight excluding hydrogens is 382 g/mol. The summed E-state index contributed by atoms with van der Waals surface area (Å²) in [6.45, 7) is 3.99. The summed E-state index contributed by atoms with van der Waals surface area (Å²) in [6, 6.07) is 7.11. The minimum Gasteiger partial charge on any atom is -0.357 e. The van der Waals surface area contributed by atoms with Gasteiger partial charge in [-0.15, -0.1) is 0 Å². The van der Waals surface area contributed by atoms with Crippen LogP contribution in [0.1, 0.15) is 37.3 Å². The molecule has 3 atom stereocenters. The predicted octanol–water partition coefficient (Wildman–Crippen LogP) is 1.80. The summed E-state index contributed by atoms with van der Waals surface area (Å²) in [6.07, 6.45) is 5.03. The highest BCUT2D eigenvalue weighted by Gasteiger charge is 2.47. The lowest BCUT2D eigenvalue weighted by atomic mass is 9.85. The molecule has 3 rings (SSSR count). The van der Waals surface area contributed by atoms with Crippen molar-refractivity contribution >= 4 is 23.6 Å². The number of carbonyl (C=O) groups is 4. The maximum Gasteiger partial charge on any atom is 0.242 e. The lowest BCUT2D eigenvalue weighted by molar-refractivity contribution is -0.143. The van der Waals surface area contributed by atoms with Crippen molar-refractivity contribution in [2.75, 3.05) is 13.6 Å². The number of nitrogens with zero attached hydrogens (tertiary/aromatic N) is 2. The summed E-state index contributed by atoms with van der Waals surface area (Å²) in [4.78, 5) is 53.2. The van der Waals surface area contributed by atoms with Crippen molar-refractivity contribution in [2.45, 2.75) is 45.7 Å². The second-order valence-corrected chi connectivity index (χ2v) is 8.03. The van der Waals surface area contributed by atoms with Gasteiger partial charge in [-0.25, -0.2) is 0 Å². The van der Waals surface area contributed by atoms with Gasteiger partial charge in [0.05, 0.1) is 11.8 Å². The molecule has 1 aliphatic carbocycles. The van der Waals surface area contributed by atoms with Crippen molar-refractivity contribution in [2.24, 2.45) is 11.8 Å². The summed E-state index contributed by atoms with van der Waals surface area (Å²) in [5.41, 5.74) is 2.02. The van der Waals surface area contributed by atoms with Crippen LogP contribution in [0.15, 0.2) is 36.4 Å². The van der Waals surface area contributed by atoms with E-state index in [2.05, 4.69) is 5.32 Å². The van der Waals surface area contributed by atoms with E-state index in [9.17, 15) is 19.2 Å². The maximum absolute atomic E-state index is 13.0. The fourth-order valence-corrected chi connectivity index (χ4v) is 4.12. The molecule has 1 aromatic carbocycles. The summed E-state index contributed by atoms with van der Waals surface area (Å²) >= 11 is 0. The van der Waals surface area contributed by atoms with Gasteiger partial charge < -0.3 is 10.2 Å². The van der Waals surface area contributed by atoms with Crippen molar-refractivity contribution in [3.05, 3.63) is 47.5 Å². The second-order valence-electron chi connectivity index (χ2n) is 8.03. The minimum absolute atomic E-state index is 0.00244. The van der Waals surface area contributed by atoms with E-state index in [4.69, 9.17) is 0 Å². The fourth-order valence-electron chi connectivity index (χ4n) is 4.12. The Kier molecular flexibility index (Phi) is 6.70. The molecule has 0 spiro atoms. The van der Waals surface area contributed by atoms with Crippen LogP contribution >= 0.6 is 0 Å². The van der Waals surface area contributed by atoms with Gasteiger partial charge in [0.1, 0.15) is 6.04 Å². The molecule has 0 radical (unpaired) electrons. The van der Waals surface area contributed by atoms with Crippen LogP contribution in [0.4, 0.5) is 0 Å². The van der Waals surface area contributed by atoms with Crippen molar-refractivity contribution in [3.8, 4) is 0 Å². The molecule has 1 aromatic rings. The molecule has 4 amide bonds. The first kappa shape index (κ1) is 21.7. The molecule has 1 aliphatic heterocycles. The number of hydrogen-bond acceptors (Lipinski definition) is 4. The van der Waals surface area contributed by atoms with E-state index in [1.165, 1.54) is 16.8 Å². The van der Waals surface area contributed by atoms with Gasteiger partial charge in [-0.05, 0) is 32.3 Å². The molecule has 1 fully saturated rings. The number of rotatable bonds is 7. The highest BCUT2D eigenvalue weighted by molar-refractivity contribution is 6.05. The Morgan fingerprint density at radius 2 is 1.67 bits per heavy atom. The number of hydrogen-bond donors (Lipinski definition) is 1. The standard InChI is InChI=1S/C23H29N3O4/c1-15-8-10-17(11-9-15)14-26(16(2)21(28)24-3)20(27)12-13-25-22(29)18-6-4-5-7-19(18)23(25)30/h4-5,8-11,16,18-19H,6-7,12-14H2,1-3H3,(H,24,28)/t16-,18-,19+/m1/s1. The van der Waals surface area contributed by atoms with E-state index < -0.39 is 6.04 Å². The van der Waals surface area contributed by atoms with Crippen molar-refractivity contribution in [3.63, 3.8) is 0 Å². The van der Waals surface area contributed by atoms with Gasteiger partial charge in [-0.2, -0.15) is 0 Å². The van der Waals surface area contributed by atoms with E-state index in [0.717, 1.165) is 11.1 Å². The van der Waals surface area contributed by atoms with Gasteiger partial charge >= 0.3 is 0 Å². The van der Waals surface area contributed by atoms with Crippen molar-refractivity contribution in [1.82, 2.24) is 15.1 Å². The van der Waals surface area contributed by atoms with Crippen LogP contribution in [0, 0.1) is 18.8 Å². The minimum atomic E-state index is -0.666. The normalized spacial score (nSPS) is 21.4. The van der Waals surface area contributed by atoms with Gasteiger partial charge in [0.25, 0.3) is 0 Å². The number of likely N-dealkylation sites (N-methyl/N-ethyl adjacent to an activating group) is 1. The van der Waals surface area contributed by atoms with Gasteiger partial charge in [0.15, 0.2) is 0 Å². The van der Waals surface area contributed by atoms with Gasteiger partial charge in [-0.1, -0.05) is 42.0 Å². The first-order valence-corrected chi connectivity index (χ1v) is 10.4. The first-order chi connectivity index (χ1) is 14.3. The molecule has 1 heterocycles. The molecule has 2 aliphatic rings. The average Bonchev–Trinajstić information content (AvgIpc) is 3.00. The van der Waals surface area contributed by atoms with E-state index in [-0.39, 0.29) is 55.0 Å². The van der Waals surface area contributed by atoms with Crippen LogP contribution in [0.2, 0.25) is 0 Å². The zero-order valence-corrected chi connectivity index (χ0v) is 17.8. The summed E-state index contributed by atoms with van der Waals surface area (Å²) < 4.78 is 0. The van der Waals surface area contributed by atoms with Crippen LogP contribution in [0.25, 0.3) is 0 Å². The van der Waals surface area contributed by atoms with Crippen molar-refractivity contribution in [1.29, 1.82) is 0 Å². The molecule has 30 heavy (non-hydrogen) atoms. The molecular formula is C23H29N3O4. The molecule has 160 valence electrons. The Morgan fingerprint density at radius 1 is 1.10 bits per heavy atom. The van der Waals surface area contributed by atoms with E-state index >= 15 is 0 Å². The van der Waals surface area contributed by atoms with Crippen LogP contribution in [0.3, 0.4) is 0 Å². The third kappa shape index (κ3) is 4.45. The number of nitrogens with one attached hydrogen (secondary N) is 1. The SMILES string of the molecule is CNC(=O)[C@@H](C)N(Cc1ccc(C)cc1)C(=O)CCN1C(=O)[C@H]2CC=CC[C@H]2C1=O. The summed E-state index contributed by atoms with van der Waals surface area (Å²) in [5, 5.41) is 2.58. The van der Waals surface area contributed by atoms with Crippen LogP contribution in [-0.2, 0) is 25.7 Å². The third-order valence-electron chi connectivity index (χ3n) is 6.04. The Morgan fingerprint density at radius 3 is 2.20 bits per heavy atom.